The summed E-state index contributed by atoms with van der Waals surface area (Å²) >= 11 is 0. The SMILES string of the molecule is Cc1cc(C)cc(Oc2cnn(-c3ccccc3)c(=O)c2Nc2cccc(C(=O)NCCN(C)C)c2)c1. The van der Waals surface area contributed by atoms with Crippen molar-refractivity contribution in [2.45, 2.75) is 13.8 Å². The van der Waals surface area contributed by atoms with Crippen LogP contribution < -0.4 is 20.9 Å². The van der Waals surface area contributed by atoms with Crippen molar-refractivity contribution in [2.75, 3.05) is 32.5 Å². The predicted octanol–water partition coefficient (Wildman–Crippen LogP) is 4.68. The topological polar surface area (TPSA) is 88.5 Å². The van der Waals surface area contributed by atoms with Gasteiger partial charge in [-0.2, -0.15) is 9.78 Å². The Balaban J connectivity index is 1.70. The Labute approximate surface area is 216 Å². The summed E-state index contributed by atoms with van der Waals surface area (Å²) in [6.45, 7) is 5.24. The number of aryl methyl sites for hydroxylation is 2. The van der Waals surface area contributed by atoms with Crippen LogP contribution >= 0.6 is 0 Å². The third kappa shape index (κ3) is 6.62. The largest absolute Gasteiger partial charge is 0.453 e. The number of nitrogens with zero attached hydrogens (tertiary/aromatic N) is 3. The zero-order chi connectivity index (χ0) is 26.4. The quantitative estimate of drug-likeness (QED) is 0.349. The Bertz CT molecular complexity index is 1430. The molecular formula is C29H31N5O3. The van der Waals surface area contributed by atoms with Gasteiger partial charge in [-0.3, -0.25) is 9.59 Å². The minimum Gasteiger partial charge on any atom is -0.453 e. The van der Waals surface area contributed by atoms with E-state index in [-0.39, 0.29) is 22.9 Å². The van der Waals surface area contributed by atoms with E-state index in [4.69, 9.17) is 4.74 Å². The summed E-state index contributed by atoms with van der Waals surface area (Å²) in [5.41, 5.74) is 3.61. The van der Waals surface area contributed by atoms with E-state index in [1.807, 2.05) is 69.2 Å². The maximum Gasteiger partial charge on any atom is 0.299 e. The molecule has 0 bridgehead atoms. The van der Waals surface area contributed by atoms with Crippen LogP contribution in [0.5, 0.6) is 11.5 Å². The fraction of sp³-hybridized carbons (Fsp3) is 0.207. The first-order chi connectivity index (χ1) is 17.8. The molecule has 0 aliphatic carbocycles. The molecule has 0 aliphatic rings. The maximum atomic E-state index is 13.6. The molecule has 0 aliphatic heterocycles. The lowest BCUT2D eigenvalue weighted by atomic mass is 10.1. The summed E-state index contributed by atoms with van der Waals surface area (Å²) in [6, 6.07) is 22.0. The van der Waals surface area contributed by atoms with Crippen molar-refractivity contribution in [1.29, 1.82) is 0 Å². The molecule has 1 amide bonds. The fourth-order valence-corrected chi connectivity index (χ4v) is 3.88. The molecule has 0 saturated heterocycles. The first kappa shape index (κ1) is 25.7. The van der Waals surface area contributed by atoms with Crippen molar-refractivity contribution in [3.63, 3.8) is 0 Å². The van der Waals surface area contributed by atoms with Gasteiger partial charge in [-0.1, -0.05) is 30.3 Å². The number of aromatic nitrogens is 2. The summed E-state index contributed by atoms with van der Waals surface area (Å²) in [4.78, 5) is 28.3. The van der Waals surface area contributed by atoms with Crippen LogP contribution in [0.4, 0.5) is 11.4 Å². The van der Waals surface area contributed by atoms with Gasteiger partial charge in [-0.15, -0.1) is 0 Å². The molecule has 0 fully saturated rings. The van der Waals surface area contributed by atoms with Gasteiger partial charge in [0.25, 0.3) is 11.5 Å². The first-order valence-corrected chi connectivity index (χ1v) is 12.0. The number of para-hydroxylation sites is 1. The molecule has 1 aromatic heterocycles. The number of rotatable bonds is 9. The lowest BCUT2D eigenvalue weighted by molar-refractivity contribution is 0.0951. The smallest absolute Gasteiger partial charge is 0.299 e. The van der Waals surface area contributed by atoms with Crippen LogP contribution in [0.2, 0.25) is 0 Å². The zero-order valence-corrected chi connectivity index (χ0v) is 21.5. The fourth-order valence-electron chi connectivity index (χ4n) is 3.88. The second kappa shape index (κ2) is 11.5. The van der Waals surface area contributed by atoms with E-state index >= 15 is 0 Å². The molecular weight excluding hydrogens is 466 g/mol. The molecule has 4 aromatic rings. The number of amides is 1. The van der Waals surface area contributed by atoms with Crippen molar-refractivity contribution in [3.8, 4) is 17.2 Å². The highest BCUT2D eigenvalue weighted by Crippen LogP contribution is 2.30. The Hall–Kier alpha value is -4.43. The van der Waals surface area contributed by atoms with Crippen molar-refractivity contribution in [2.24, 2.45) is 0 Å². The van der Waals surface area contributed by atoms with Gasteiger partial charge in [0.05, 0.1) is 11.9 Å². The van der Waals surface area contributed by atoms with Crippen molar-refractivity contribution in [1.82, 2.24) is 20.0 Å². The zero-order valence-electron chi connectivity index (χ0n) is 21.5. The molecule has 1 heterocycles. The monoisotopic (exact) mass is 497 g/mol. The Kier molecular flexibility index (Phi) is 8.00. The summed E-state index contributed by atoms with van der Waals surface area (Å²) in [5.74, 6) is 0.699. The first-order valence-electron chi connectivity index (χ1n) is 12.0. The van der Waals surface area contributed by atoms with Crippen LogP contribution in [0.25, 0.3) is 5.69 Å². The molecule has 2 N–H and O–H groups in total. The van der Waals surface area contributed by atoms with Crippen LogP contribution in [0.15, 0.2) is 83.8 Å². The summed E-state index contributed by atoms with van der Waals surface area (Å²) in [5, 5.41) is 10.4. The molecule has 8 nitrogen and oxygen atoms in total. The van der Waals surface area contributed by atoms with Crippen LogP contribution in [0, 0.1) is 13.8 Å². The number of carbonyl (C=O) groups excluding carboxylic acids is 1. The Morgan fingerprint density at radius 3 is 2.41 bits per heavy atom. The Morgan fingerprint density at radius 1 is 0.973 bits per heavy atom. The van der Waals surface area contributed by atoms with Gasteiger partial charge >= 0.3 is 0 Å². The number of benzene rings is 3. The number of likely N-dealkylation sites (N-methyl/N-ethyl adjacent to an activating group) is 1. The average molecular weight is 498 g/mol. The van der Waals surface area contributed by atoms with E-state index in [1.165, 1.54) is 10.9 Å². The van der Waals surface area contributed by atoms with Crippen molar-refractivity contribution in [3.05, 3.63) is 106 Å². The molecule has 0 unspecified atom stereocenters. The molecule has 37 heavy (non-hydrogen) atoms. The summed E-state index contributed by atoms with van der Waals surface area (Å²) < 4.78 is 7.46. The van der Waals surface area contributed by atoms with Gasteiger partial charge in [-0.05, 0) is 81.5 Å². The molecule has 3 aromatic carbocycles. The van der Waals surface area contributed by atoms with Crippen molar-refractivity contribution >= 4 is 17.3 Å². The minimum absolute atomic E-state index is 0.186. The number of nitrogens with one attached hydrogen (secondary N) is 2. The molecule has 8 heteroatoms. The minimum atomic E-state index is -0.381. The third-order valence-corrected chi connectivity index (χ3v) is 5.61. The van der Waals surface area contributed by atoms with Crippen LogP contribution in [-0.4, -0.2) is 47.8 Å². The van der Waals surface area contributed by atoms with Gasteiger partial charge in [0.1, 0.15) is 5.75 Å². The second-order valence-electron chi connectivity index (χ2n) is 9.13. The third-order valence-electron chi connectivity index (χ3n) is 5.61. The van der Waals surface area contributed by atoms with Crippen LogP contribution in [0.1, 0.15) is 21.5 Å². The standard InChI is InChI=1S/C29H31N5O3/c1-20-15-21(2)17-25(16-20)37-26-19-31-34(24-11-6-5-7-12-24)29(36)27(26)32-23-10-8-9-22(18-23)28(35)30-13-14-33(3)4/h5-12,15-19,32H,13-14H2,1-4H3,(H,30,35). The van der Waals surface area contributed by atoms with E-state index in [0.717, 1.165) is 17.7 Å². The predicted molar refractivity (Wildman–Crippen MR) is 146 cm³/mol. The molecule has 0 radical (unpaired) electrons. The Morgan fingerprint density at radius 2 is 1.70 bits per heavy atom. The molecule has 4 rings (SSSR count). The molecule has 0 atom stereocenters. The lowest BCUT2D eigenvalue weighted by Crippen LogP contribution is -2.31. The van der Waals surface area contributed by atoms with E-state index in [0.29, 0.717) is 29.2 Å². The van der Waals surface area contributed by atoms with Crippen LogP contribution in [-0.2, 0) is 0 Å². The van der Waals surface area contributed by atoms with Gasteiger partial charge in [0.2, 0.25) is 0 Å². The highest BCUT2D eigenvalue weighted by Gasteiger charge is 2.16. The van der Waals surface area contributed by atoms with Crippen molar-refractivity contribution < 1.29 is 9.53 Å². The molecule has 0 spiro atoms. The normalized spacial score (nSPS) is 10.8. The summed E-state index contributed by atoms with van der Waals surface area (Å²) in [7, 11) is 3.90. The van der Waals surface area contributed by atoms with Gasteiger partial charge in [0.15, 0.2) is 11.4 Å². The number of anilines is 2. The van der Waals surface area contributed by atoms with E-state index in [1.54, 1.807) is 36.4 Å². The summed E-state index contributed by atoms with van der Waals surface area (Å²) in [6.07, 6.45) is 1.52. The lowest BCUT2D eigenvalue weighted by Gasteiger charge is -2.16. The number of carbonyl (C=O) groups is 1. The number of hydrogen-bond acceptors (Lipinski definition) is 6. The van der Waals surface area contributed by atoms with Gasteiger partial charge in [0, 0.05) is 24.3 Å². The molecule has 190 valence electrons. The van der Waals surface area contributed by atoms with Gasteiger partial charge < -0.3 is 20.3 Å². The maximum absolute atomic E-state index is 13.6. The average Bonchev–Trinajstić information content (AvgIpc) is 2.86. The highest BCUT2D eigenvalue weighted by molar-refractivity contribution is 5.95. The van der Waals surface area contributed by atoms with E-state index < -0.39 is 0 Å². The molecule has 0 saturated carbocycles. The van der Waals surface area contributed by atoms with Crippen LogP contribution in [0.3, 0.4) is 0 Å². The second-order valence-corrected chi connectivity index (χ2v) is 9.13. The number of ether oxygens (including phenoxy) is 1. The van der Waals surface area contributed by atoms with E-state index in [2.05, 4.69) is 15.7 Å². The van der Waals surface area contributed by atoms with E-state index in [9.17, 15) is 9.59 Å². The van der Waals surface area contributed by atoms with Gasteiger partial charge in [-0.25, -0.2) is 0 Å². The highest BCUT2D eigenvalue weighted by atomic mass is 16.5. The number of hydrogen-bond donors (Lipinski definition) is 2.